The monoisotopic (exact) mass is 272 g/mol. The molecule has 0 aromatic rings. The predicted octanol–water partition coefficient (Wildman–Crippen LogP) is 3.91. The highest BCUT2D eigenvalue weighted by Gasteiger charge is 2.11. The minimum absolute atomic E-state index is 0.639. The first-order valence-corrected chi connectivity index (χ1v) is 7.76. The largest absolute Gasteiger partial charge is 0.362 e. The Morgan fingerprint density at radius 1 is 0.889 bits per heavy atom. The van der Waals surface area contributed by atoms with Crippen molar-refractivity contribution in [2.45, 2.75) is 54.4 Å². The first-order valence-electron chi connectivity index (χ1n) is 7.35. The quantitative estimate of drug-likeness (QED) is 0.674. The Labute approximate surface area is 120 Å². The molecule has 0 saturated heterocycles. The molecule has 0 heterocycles. The van der Waals surface area contributed by atoms with Crippen molar-refractivity contribution in [3.63, 3.8) is 0 Å². The number of hydrogen-bond donors (Lipinski definition) is 1. The van der Waals surface area contributed by atoms with Crippen LogP contribution >= 0.6 is 12.2 Å². The predicted molar refractivity (Wildman–Crippen MR) is 85.9 cm³/mol. The normalized spacial score (nSPS) is 11.4. The van der Waals surface area contributed by atoms with E-state index in [0.29, 0.717) is 5.92 Å². The third-order valence-corrected chi connectivity index (χ3v) is 3.30. The van der Waals surface area contributed by atoms with E-state index in [1.165, 1.54) is 12.8 Å². The van der Waals surface area contributed by atoms with E-state index < -0.39 is 0 Å². The molecular formula is C15H32N2S. The second-order valence-electron chi connectivity index (χ2n) is 6.43. The average Bonchev–Trinajstić information content (AvgIpc) is 2.25. The van der Waals surface area contributed by atoms with Crippen LogP contribution in [0.4, 0.5) is 0 Å². The lowest BCUT2D eigenvalue weighted by Crippen LogP contribution is -2.42. The Morgan fingerprint density at radius 3 is 1.67 bits per heavy atom. The summed E-state index contributed by atoms with van der Waals surface area (Å²) in [5.41, 5.74) is 0. The van der Waals surface area contributed by atoms with Gasteiger partial charge in [-0.15, -0.1) is 0 Å². The molecule has 2 nitrogen and oxygen atoms in total. The topological polar surface area (TPSA) is 15.3 Å². The zero-order valence-electron chi connectivity index (χ0n) is 13.1. The molecule has 1 N–H and O–H groups in total. The van der Waals surface area contributed by atoms with Crippen LogP contribution in [0.25, 0.3) is 0 Å². The molecule has 0 spiro atoms. The van der Waals surface area contributed by atoms with Crippen LogP contribution < -0.4 is 5.32 Å². The molecule has 0 fully saturated rings. The second-order valence-corrected chi connectivity index (χ2v) is 6.82. The molecule has 0 aromatic carbocycles. The maximum absolute atomic E-state index is 5.51. The van der Waals surface area contributed by atoms with E-state index in [9.17, 15) is 0 Å². The summed E-state index contributed by atoms with van der Waals surface area (Å²) in [7, 11) is 0. The fourth-order valence-electron chi connectivity index (χ4n) is 1.55. The van der Waals surface area contributed by atoms with Crippen molar-refractivity contribution in [3.05, 3.63) is 0 Å². The van der Waals surface area contributed by atoms with Crippen LogP contribution in [0.1, 0.15) is 54.4 Å². The van der Waals surface area contributed by atoms with Gasteiger partial charge in [0.2, 0.25) is 0 Å². The van der Waals surface area contributed by atoms with Crippen molar-refractivity contribution in [1.29, 1.82) is 0 Å². The van der Waals surface area contributed by atoms with Crippen molar-refractivity contribution in [1.82, 2.24) is 10.2 Å². The molecule has 18 heavy (non-hydrogen) atoms. The van der Waals surface area contributed by atoms with Gasteiger partial charge < -0.3 is 10.2 Å². The molecular weight excluding hydrogens is 240 g/mol. The lowest BCUT2D eigenvalue weighted by molar-refractivity contribution is 0.348. The second kappa shape index (κ2) is 9.60. The van der Waals surface area contributed by atoms with Crippen molar-refractivity contribution in [2.75, 3.05) is 19.6 Å². The van der Waals surface area contributed by atoms with Crippen LogP contribution in [0.5, 0.6) is 0 Å². The lowest BCUT2D eigenvalue weighted by Gasteiger charge is -2.28. The van der Waals surface area contributed by atoms with Gasteiger partial charge in [-0.3, -0.25) is 0 Å². The van der Waals surface area contributed by atoms with Crippen LogP contribution in [0.2, 0.25) is 0 Å². The van der Waals surface area contributed by atoms with Crippen LogP contribution in [-0.2, 0) is 0 Å². The summed E-state index contributed by atoms with van der Waals surface area (Å²) in [6, 6.07) is 0. The number of thiocarbonyl (C=S) groups is 1. The van der Waals surface area contributed by atoms with Gasteiger partial charge in [0.15, 0.2) is 5.11 Å². The molecule has 0 aliphatic heterocycles. The van der Waals surface area contributed by atoms with E-state index in [1.54, 1.807) is 0 Å². The van der Waals surface area contributed by atoms with Gasteiger partial charge in [0.25, 0.3) is 0 Å². The molecule has 0 radical (unpaired) electrons. The SMILES string of the molecule is CC(C)CCN(CCC(C)C)C(=S)NCC(C)C. The summed E-state index contributed by atoms with van der Waals surface area (Å²) in [5, 5.41) is 4.32. The Balaban J connectivity index is 4.20. The molecule has 0 amide bonds. The molecule has 0 rings (SSSR count). The minimum Gasteiger partial charge on any atom is -0.362 e. The Bertz CT molecular complexity index is 213. The summed E-state index contributed by atoms with van der Waals surface area (Å²) in [6.07, 6.45) is 2.42. The van der Waals surface area contributed by atoms with Gasteiger partial charge in [-0.25, -0.2) is 0 Å². The van der Waals surface area contributed by atoms with E-state index in [2.05, 4.69) is 51.8 Å². The third-order valence-electron chi connectivity index (χ3n) is 2.90. The maximum atomic E-state index is 5.51. The lowest BCUT2D eigenvalue weighted by atomic mass is 10.1. The van der Waals surface area contributed by atoms with E-state index >= 15 is 0 Å². The van der Waals surface area contributed by atoms with Gasteiger partial charge >= 0.3 is 0 Å². The van der Waals surface area contributed by atoms with Gasteiger partial charge in [0.1, 0.15) is 0 Å². The summed E-state index contributed by atoms with van der Waals surface area (Å²) >= 11 is 5.51. The summed E-state index contributed by atoms with van der Waals surface area (Å²) < 4.78 is 0. The fraction of sp³-hybridized carbons (Fsp3) is 0.933. The third kappa shape index (κ3) is 9.69. The highest BCUT2D eigenvalue weighted by atomic mass is 32.1. The van der Waals surface area contributed by atoms with Crippen LogP contribution in [-0.4, -0.2) is 29.6 Å². The van der Waals surface area contributed by atoms with Gasteiger partial charge in [-0.2, -0.15) is 0 Å². The Morgan fingerprint density at radius 2 is 1.33 bits per heavy atom. The van der Waals surface area contributed by atoms with Gasteiger partial charge in [-0.1, -0.05) is 41.5 Å². The number of nitrogens with one attached hydrogen (secondary N) is 1. The number of rotatable bonds is 8. The Kier molecular flexibility index (Phi) is 9.43. The molecule has 0 bridgehead atoms. The maximum Gasteiger partial charge on any atom is 0.168 e. The summed E-state index contributed by atoms with van der Waals surface area (Å²) in [4.78, 5) is 2.34. The van der Waals surface area contributed by atoms with Crippen LogP contribution in [0, 0.1) is 17.8 Å². The van der Waals surface area contributed by atoms with E-state index in [-0.39, 0.29) is 0 Å². The van der Waals surface area contributed by atoms with Crippen molar-refractivity contribution in [3.8, 4) is 0 Å². The van der Waals surface area contributed by atoms with E-state index in [1.807, 2.05) is 0 Å². The summed E-state index contributed by atoms with van der Waals surface area (Å²) in [5.74, 6) is 2.11. The van der Waals surface area contributed by atoms with E-state index in [0.717, 1.165) is 36.6 Å². The molecule has 0 aliphatic carbocycles. The molecule has 0 unspecified atom stereocenters. The molecule has 0 aromatic heterocycles. The molecule has 108 valence electrons. The van der Waals surface area contributed by atoms with Gasteiger partial charge in [0, 0.05) is 19.6 Å². The van der Waals surface area contributed by atoms with Crippen LogP contribution in [0.15, 0.2) is 0 Å². The number of hydrogen-bond acceptors (Lipinski definition) is 1. The summed E-state index contributed by atoms with van der Waals surface area (Å²) in [6.45, 7) is 16.6. The zero-order chi connectivity index (χ0) is 14.1. The number of nitrogens with zero attached hydrogens (tertiary/aromatic N) is 1. The standard InChI is InChI=1S/C15H32N2S/c1-12(2)7-9-17(10-8-13(3)4)15(18)16-11-14(5)6/h12-14H,7-11H2,1-6H3,(H,16,18). The highest BCUT2D eigenvalue weighted by molar-refractivity contribution is 7.80. The van der Waals surface area contributed by atoms with Gasteiger partial charge in [0.05, 0.1) is 0 Å². The highest BCUT2D eigenvalue weighted by Crippen LogP contribution is 2.07. The van der Waals surface area contributed by atoms with Crippen molar-refractivity contribution in [2.24, 2.45) is 17.8 Å². The fourth-order valence-corrected chi connectivity index (χ4v) is 1.81. The van der Waals surface area contributed by atoms with Gasteiger partial charge in [-0.05, 0) is 42.8 Å². The molecule has 3 heteroatoms. The zero-order valence-corrected chi connectivity index (χ0v) is 13.9. The van der Waals surface area contributed by atoms with Crippen molar-refractivity contribution < 1.29 is 0 Å². The van der Waals surface area contributed by atoms with Crippen molar-refractivity contribution >= 4 is 17.3 Å². The molecule has 0 aliphatic rings. The van der Waals surface area contributed by atoms with Crippen LogP contribution in [0.3, 0.4) is 0 Å². The average molecular weight is 273 g/mol. The smallest absolute Gasteiger partial charge is 0.168 e. The first-order chi connectivity index (χ1) is 8.32. The first kappa shape index (κ1) is 17.7. The Hall–Kier alpha value is -0.310. The molecule has 0 atom stereocenters. The van der Waals surface area contributed by atoms with E-state index in [4.69, 9.17) is 12.2 Å². The minimum atomic E-state index is 0.639. The molecule has 0 saturated carbocycles.